The minimum Gasteiger partial charge on any atom is -0.481 e. The highest BCUT2D eigenvalue weighted by atomic mass is 16.6. The number of hydrogen-bond donors (Lipinski definition) is 1. The van der Waals surface area contributed by atoms with E-state index in [4.69, 9.17) is 24.1 Å². The number of esters is 2. The maximum absolute atomic E-state index is 11.6. The molecule has 0 bridgehead atoms. The van der Waals surface area contributed by atoms with Gasteiger partial charge in [-0.25, -0.2) is 0 Å². The van der Waals surface area contributed by atoms with Crippen LogP contribution in [0.4, 0.5) is 0 Å². The highest BCUT2D eigenvalue weighted by molar-refractivity contribution is 6.01. The molecule has 2 fully saturated rings. The van der Waals surface area contributed by atoms with Crippen molar-refractivity contribution in [3.63, 3.8) is 0 Å². The van der Waals surface area contributed by atoms with Gasteiger partial charge in [-0.1, -0.05) is 78.0 Å². The first-order chi connectivity index (χ1) is 19.0. The molecular weight excluding hydrogens is 604 g/mol. The Balaban J connectivity index is -0.000000120. The first kappa shape index (κ1) is 59.3. The van der Waals surface area contributed by atoms with Crippen LogP contribution in [0.25, 0.3) is 0 Å². The van der Waals surface area contributed by atoms with Gasteiger partial charge in [-0.15, -0.1) is 0 Å². The first-order valence-corrected chi connectivity index (χ1v) is 13.7. The third kappa shape index (κ3) is 35.6. The van der Waals surface area contributed by atoms with Crippen LogP contribution in [0.2, 0.25) is 0 Å². The highest BCUT2D eigenvalue weighted by Crippen LogP contribution is 2.23. The second-order valence-electron chi connectivity index (χ2n) is 11.0. The number of Topliss-reactive ketones (excluding diaryl/α,β-unsaturated/α-hetero) is 2. The lowest BCUT2D eigenvalue weighted by atomic mass is 10.1. The van der Waals surface area contributed by atoms with Crippen molar-refractivity contribution < 1.29 is 48.0 Å². The van der Waals surface area contributed by atoms with Gasteiger partial charge in [-0.2, -0.15) is 0 Å². The summed E-state index contributed by atoms with van der Waals surface area (Å²) in [6, 6.07) is 0. The topological polar surface area (TPSA) is 149 Å². The summed E-state index contributed by atoms with van der Waals surface area (Å²) in [7, 11) is 0. The van der Waals surface area contributed by atoms with E-state index in [9.17, 15) is 24.0 Å². The molecule has 0 aromatic heterocycles. The zero-order valence-electron chi connectivity index (χ0n) is 26.1. The van der Waals surface area contributed by atoms with Gasteiger partial charge in [0.15, 0.2) is 11.6 Å². The predicted molar refractivity (Wildman–Crippen MR) is 195 cm³/mol. The zero-order chi connectivity index (χ0) is 31.7. The molecular formula is C37H72O10. The number of allylic oxidation sites excluding steroid dienone is 3. The number of carboxylic acids is 1. The van der Waals surface area contributed by atoms with Gasteiger partial charge in [-0.05, 0) is 62.3 Å². The number of carbonyl (C=O) groups excluding carboxylic acids is 4. The second-order valence-corrected chi connectivity index (χ2v) is 11.0. The van der Waals surface area contributed by atoms with Gasteiger partial charge in [0.25, 0.3) is 0 Å². The Labute approximate surface area is 288 Å². The van der Waals surface area contributed by atoms with Gasteiger partial charge in [0.2, 0.25) is 0 Å². The fourth-order valence-electron chi connectivity index (χ4n) is 2.64. The van der Waals surface area contributed by atoms with Crippen molar-refractivity contribution in [1.82, 2.24) is 0 Å². The summed E-state index contributed by atoms with van der Waals surface area (Å²) in [5, 5.41) is 8.30. The van der Waals surface area contributed by atoms with E-state index in [1.807, 2.05) is 62.3 Å². The molecule has 0 saturated carbocycles. The quantitative estimate of drug-likeness (QED) is 0.0818. The van der Waals surface area contributed by atoms with E-state index in [2.05, 4.69) is 0 Å². The van der Waals surface area contributed by atoms with Crippen LogP contribution >= 0.6 is 0 Å². The Bertz CT molecular complexity index is 952. The summed E-state index contributed by atoms with van der Waals surface area (Å²) in [5.41, 5.74) is 5.84. The van der Waals surface area contributed by atoms with Crippen molar-refractivity contribution >= 4 is 29.5 Å². The monoisotopic (exact) mass is 677 g/mol. The van der Waals surface area contributed by atoms with E-state index in [0.717, 1.165) is 53.1 Å². The number of epoxide rings is 2. The van der Waals surface area contributed by atoms with Gasteiger partial charge < -0.3 is 24.1 Å². The molecule has 280 valence electrons. The lowest BCUT2D eigenvalue weighted by molar-refractivity contribution is -0.150. The maximum atomic E-state index is 11.6. The van der Waals surface area contributed by atoms with Gasteiger partial charge in [0, 0.05) is 6.42 Å². The van der Waals surface area contributed by atoms with E-state index in [0.29, 0.717) is 12.2 Å². The largest absolute Gasteiger partial charge is 0.481 e. The average molecular weight is 677 g/mol. The SMILES string of the molecule is C.C.C.C.C.C.C1OC1CC1CO1.CC(C)=C(C)CC(=O)O.CC(C)=C(C)CC(=O)OCC(=O)CC(=O)COC(=O)CC(C)=C(C)C. The molecule has 0 spiro atoms. The van der Waals surface area contributed by atoms with Crippen LogP contribution in [-0.4, -0.2) is 73.2 Å². The predicted octanol–water partition coefficient (Wildman–Crippen LogP) is 8.90. The Morgan fingerprint density at radius 3 is 1.02 bits per heavy atom. The van der Waals surface area contributed by atoms with Gasteiger partial charge in [0.05, 0.1) is 51.1 Å². The van der Waals surface area contributed by atoms with E-state index in [1.165, 1.54) is 0 Å². The third-order valence-corrected chi connectivity index (χ3v) is 6.31. The van der Waals surface area contributed by atoms with Crippen LogP contribution in [0.5, 0.6) is 0 Å². The zero-order valence-corrected chi connectivity index (χ0v) is 26.1. The van der Waals surface area contributed by atoms with Gasteiger partial charge in [-0.3, -0.25) is 24.0 Å². The van der Waals surface area contributed by atoms with E-state index in [-0.39, 0.29) is 63.8 Å². The Hall–Kier alpha value is -3.11. The molecule has 0 aromatic rings. The number of rotatable bonds is 14. The number of hydrogen-bond acceptors (Lipinski definition) is 9. The Morgan fingerprint density at radius 1 is 0.532 bits per heavy atom. The van der Waals surface area contributed by atoms with Crippen LogP contribution in [0.3, 0.4) is 0 Å². The number of aliphatic carboxylic acids is 1. The van der Waals surface area contributed by atoms with Crippen LogP contribution in [0.1, 0.15) is 139 Å². The van der Waals surface area contributed by atoms with Crippen molar-refractivity contribution in [2.45, 2.75) is 151 Å². The molecule has 2 saturated heterocycles. The minimum absolute atomic E-state index is 0. The standard InChI is InChI=1S/C19H28O6.C7H12O2.C5H8O2.6CH4/c1-12(2)14(5)7-18(22)24-10-16(20)9-17(21)11-25-19(23)8-15(6)13(3)4;1-5(2)6(3)4-7(8)9;1(4-2-6-4)5-3-7-5;;;;;;/h7-11H2,1-6H3;4H2,1-3H3,(H,8,9);4-5H,1-3H2;6*1H4. The molecule has 2 atom stereocenters. The molecule has 2 unspecified atom stereocenters. The lowest BCUT2D eigenvalue weighted by Crippen LogP contribution is -2.21. The average Bonchev–Trinajstić information content (AvgIpc) is 3.80. The highest BCUT2D eigenvalue weighted by Gasteiger charge is 2.32. The first-order valence-electron chi connectivity index (χ1n) is 13.7. The third-order valence-electron chi connectivity index (χ3n) is 6.31. The Morgan fingerprint density at radius 2 is 0.809 bits per heavy atom. The molecule has 10 heteroatoms. The van der Waals surface area contributed by atoms with Gasteiger partial charge in [0.1, 0.15) is 13.2 Å². The minimum atomic E-state index is -0.756. The molecule has 2 aliphatic rings. The van der Waals surface area contributed by atoms with E-state index < -0.39 is 49.1 Å². The van der Waals surface area contributed by atoms with E-state index in [1.54, 1.807) is 0 Å². The van der Waals surface area contributed by atoms with Gasteiger partial charge >= 0.3 is 17.9 Å². The number of ketones is 2. The molecule has 0 aliphatic carbocycles. The van der Waals surface area contributed by atoms with Crippen molar-refractivity contribution in [3.8, 4) is 0 Å². The van der Waals surface area contributed by atoms with E-state index >= 15 is 0 Å². The number of carboxylic acid groups (broad SMARTS) is 1. The van der Waals surface area contributed by atoms with Crippen LogP contribution in [-0.2, 0) is 42.9 Å². The summed E-state index contributed by atoms with van der Waals surface area (Å²) in [6.45, 7) is 17.9. The van der Waals surface area contributed by atoms with Crippen molar-refractivity contribution in [1.29, 1.82) is 0 Å². The summed E-state index contributed by atoms with van der Waals surface area (Å²) in [6.07, 6.45) is 2.24. The number of ether oxygens (including phenoxy) is 4. The van der Waals surface area contributed by atoms with Crippen molar-refractivity contribution in [2.24, 2.45) is 0 Å². The summed E-state index contributed by atoms with van der Waals surface area (Å²) in [4.78, 5) is 56.4. The fourth-order valence-corrected chi connectivity index (χ4v) is 2.64. The van der Waals surface area contributed by atoms with Crippen LogP contribution in [0, 0.1) is 0 Å². The molecule has 0 amide bonds. The Kier molecular flexibility index (Phi) is 39.7. The molecule has 0 aromatic carbocycles. The number of carbonyl (C=O) groups is 5. The van der Waals surface area contributed by atoms with Crippen LogP contribution < -0.4 is 0 Å². The molecule has 0 radical (unpaired) electrons. The summed E-state index contributed by atoms with van der Waals surface area (Å²) >= 11 is 0. The molecule has 1 N–H and O–H groups in total. The molecule has 47 heavy (non-hydrogen) atoms. The fraction of sp³-hybridized carbons (Fsp3) is 0.703. The summed E-state index contributed by atoms with van der Waals surface area (Å²) < 4.78 is 19.6. The lowest BCUT2D eigenvalue weighted by Gasteiger charge is -2.07. The molecule has 2 rings (SSSR count). The summed E-state index contributed by atoms with van der Waals surface area (Å²) in [5.74, 6) is -2.82. The molecule has 2 heterocycles. The van der Waals surface area contributed by atoms with Crippen LogP contribution in [0.15, 0.2) is 33.4 Å². The molecule has 2 aliphatic heterocycles. The normalized spacial score (nSPS) is 13.8. The van der Waals surface area contributed by atoms with Crippen molar-refractivity contribution in [3.05, 3.63) is 33.4 Å². The maximum Gasteiger partial charge on any atom is 0.310 e. The smallest absolute Gasteiger partial charge is 0.310 e. The van der Waals surface area contributed by atoms with Crippen molar-refractivity contribution in [2.75, 3.05) is 26.4 Å². The second kappa shape index (κ2) is 31.5. The molecule has 10 nitrogen and oxygen atoms in total.